The molecule has 0 heterocycles. The first-order chi connectivity index (χ1) is 16.0. The van der Waals surface area contributed by atoms with E-state index < -0.39 is 11.8 Å². The topological polar surface area (TPSA) is 95.1 Å². The molecule has 0 aliphatic carbocycles. The first-order valence-corrected chi connectivity index (χ1v) is 10.8. The summed E-state index contributed by atoms with van der Waals surface area (Å²) >= 11 is 0. The van der Waals surface area contributed by atoms with Gasteiger partial charge in [-0.05, 0) is 55.8 Å². The maximum atomic E-state index is 12.6. The second kappa shape index (κ2) is 11.6. The molecule has 8 nitrogen and oxygen atoms in total. The van der Waals surface area contributed by atoms with Crippen molar-refractivity contribution in [1.82, 2.24) is 10.9 Å². The Kier molecular flexibility index (Phi) is 8.35. The fraction of sp³-hybridized carbons (Fsp3) is 0.280. The molecule has 33 heavy (non-hydrogen) atoms. The highest BCUT2D eigenvalue weighted by Gasteiger charge is 2.18. The molecule has 0 unspecified atom stereocenters. The van der Waals surface area contributed by atoms with Gasteiger partial charge < -0.3 is 18.9 Å². The molecule has 8 heteroatoms. The molecule has 0 bridgehead atoms. The lowest BCUT2D eigenvalue weighted by molar-refractivity contribution is -0.123. The molecule has 3 rings (SSSR count). The van der Waals surface area contributed by atoms with Crippen molar-refractivity contribution in [3.8, 4) is 23.0 Å². The SMILES string of the molecule is CCOc1cc(C(=O)NNC(=O)COc2ccc3ccccc3c2)cc(OCC)c1OCC. The summed E-state index contributed by atoms with van der Waals surface area (Å²) in [5.41, 5.74) is 4.99. The van der Waals surface area contributed by atoms with Gasteiger partial charge in [-0.1, -0.05) is 30.3 Å². The number of fused-ring (bicyclic) bond motifs is 1. The largest absolute Gasteiger partial charge is 0.490 e. The second-order valence-electron chi connectivity index (χ2n) is 6.90. The van der Waals surface area contributed by atoms with Gasteiger partial charge in [0.05, 0.1) is 19.8 Å². The molecule has 0 fully saturated rings. The van der Waals surface area contributed by atoms with E-state index in [1.165, 1.54) is 0 Å². The average molecular weight is 453 g/mol. The summed E-state index contributed by atoms with van der Waals surface area (Å²) in [5, 5.41) is 2.09. The lowest BCUT2D eigenvalue weighted by Crippen LogP contribution is -2.43. The molecule has 3 aromatic rings. The third-order valence-electron chi connectivity index (χ3n) is 4.58. The van der Waals surface area contributed by atoms with E-state index in [1.807, 2.05) is 57.2 Å². The van der Waals surface area contributed by atoms with Crippen LogP contribution < -0.4 is 29.8 Å². The summed E-state index contributed by atoms with van der Waals surface area (Å²) in [5.74, 6) is 0.745. The van der Waals surface area contributed by atoms with Crippen molar-refractivity contribution in [2.24, 2.45) is 0 Å². The van der Waals surface area contributed by atoms with Crippen molar-refractivity contribution in [2.45, 2.75) is 20.8 Å². The fourth-order valence-electron chi connectivity index (χ4n) is 3.16. The Labute approximate surface area is 192 Å². The number of amides is 2. The molecule has 0 spiro atoms. The number of ether oxygens (including phenoxy) is 4. The van der Waals surface area contributed by atoms with Crippen molar-refractivity contribution < 1.29 is 28.5 Å². The van der Waals surface area contributed by atoms with E-state index >= 15 is 0 Å². The molecule has 0 radical (unpaired) electrons. The standard InChI is InChI=1S/C25H28N2O6/c1-4-30-21-14-19(15-22(31-5-2)24(21)32-6-3)25(29)27-26-23(28)16-33-20-12-11-17-9-7-8-10-18(17)13-20/h7-15H,4-6,16H2,1-3H3,(H,26,28)(H,27,29). The van der Waals surface area contributed by atoms with E-state index in [0.29, 0.717) is 42.8 Å². The number of carbonyl (C=O) groups excluding carboxylic acids is 2. The summed E-state index contributed by atoms with van der Waals surface area (Å²) in [6, 6.07) is 16.5. The van der Waals surface area contributed by atoms with Gasteiger partial charge in [-0.25, -0.2) is 0 Å². The van der Waals surface area contributed by atoms with E-state index in [1.54, 1.807) is 18.2 Å². The van der Waals surface area contributed by atoms with Crippen LogP contribution in [0.15, 0.2) is 54.6 Å². The van der Waals surface area contributed by atoms with Gasteiger partial charge in [0, 0.05) is 5.56 Å². The molecule has 2 N–H and O–H groups in total. The molecule has 0 atom stereocenters. The monoisotopic (exact) mass is 452 g/mol. The van der Waals surface area contributed by atoms with Gasteiger partial charge in [-0.2, -0.15) is 0 Å². The Bertz CT molecular complexity index is 1090. The molecular weight excluding hydrogens is 424 g/mol. The van der Waals surface area contributed by atoms with E-state index in [2.05, 4.69) is 10.9 Å². The average Bonchev–Trinajstić information content (AvgIpc) is 2.83. The minimum Gasteiger partial charge on any atom is -0.490 e. The van der Waals surface area contributed by atoms with Crippen molar-refractivity contribution in [1.29, 1.82) is 0 Å². The van der Waals surface area contributed by atoms with Crippen LogP contribution in [0.3, 0.4) is 0 Å². The highest BCUT2D eigenvalue weighted by Crippen LogP contribution is 2.39. The van der Waals surface area contributed by atoms with Gasteiger partial charge in [0.2, 0.25) is 5.75 Å². The third-order valence-corrected chi connectivity index (χ3v) is 4.58. The van der Waals surface area contributed by atoms with Crippen LogP contribution in [-0.4, -0.2) is 38.2 Å². The van der Waals surface area contributed by atoms with Crippen LogP contribution in [0.5, 0.6) is 23.0 Å². The van der Waals surface area contributed by atoms with Crippen molar-refractivity contribution in [3.05, 3.63) is 60.2 Å². The lowest BCUT2D eigenvalue weighted by atomic mass is 10.1. The Morgan fingerprint density at radius 3 is 2.00 bits per heavy atom. The molecule has 0 saturated carbocycles. The Hall–Kier alpha value is -3.94. The quantitative estimate of drug-likeness (QED) is 0.454. The van der Waals surface area contributed by atoms with Crippen LogP contribution in [0.25, 0.3) is 10.8 Å². The maximum absolute atomic E-state index is 12.6. The molecule has 0 aromatic heterocycles. The molecular formula is C25H28N2O6. The minimum atomic E-state index is -0.529. The molecule has 3 aromatic carbocycles. The Morgan fingerprint density at radius 1 is 0.727 bits per heavy atom. The molecule has 2 amide bonds. The van der Waals surface area contributed by atoms with Crippen LogP contribution in [0.2, 0.25) is 0 Å². The van der Waals surface area contributed by atoms with E-state index in [4.69, 9.17) is 18.9 Å². The van der Waals surface area contributed by atoms with Gasteiger partial charge in [0.15, 0.2) is 18.1 Å². The Balaban J connectivity index is 1.62. The maximum Gasteiger partial charge on any atom is 0.276 e. The van der Waals surface area contributed by atoms with Crippen LogP contribution in [0.4, 0.5) is 0 Å². The van der Waals surface area contributed by atoms with Crippen molar-refractivity contribution in [2.75, 3.05) is 26.4 Å². The number of hydrogen-bond acceptors (Lipinski definition) is 6. The highest BCUT2D eigenvalue weighted by molar-refractivity contribution is 5.96. The van der Waals surface area contributed by atoms with Crippen LogP contribution in [0.1, 0.15) is 31.1 Å². The fourth-order valence-corrected chi connectivity index (χ4v) is 3.16. The van der Waals surface area contributed by atoms with Gasteiger partial charge in [-0.3, -0.25) is 20.4 Å². The summed E-state index contributed by atoms with van der Waals surface area (Å²) in [7, 11) is 0. The predicted octanol–water partition coefficient (Wildman–Crippen LogP) is 3.88. The first-order valence-electron chi connectivity index (χ1n) is 10.8. The zero-order chi connectivity index (χ0) is 23.6. The third kappa shape index (κ3) is 6.29. The van der Waals surface area contributed by atoms with Gasteiger partial charge in [0.25, 0.3) is 11.8 Å². The molecule has 0 saturated heterocycles. The number of hydrazine groups is 1. The van der Waals surface area contributed by atoms with E-state index in [0.717, 1.165) is 10.8 Å². The zero-order valence-electron chi connectivity index (χ0n) is 19.0. The normalized spacial score (nSPS) is 10.4. The summed E-state index contributed by atoms with van der Waals surface area (Å²) in [6.45, 7) is 6.45. The minimum absolute atomic E-state index is 0.251. The smallest absolute Gasteiger partial charge is 0.276 e. The summed E-state index contributed by atoms with van der Waals surface area (Å²) < 4.78 is 22.4. The number of benzene rings is 3. The number of nitrogens with one attached hydrogen (secondary N) is 2. The first kappa shape index (κ1) is 23.7. The number of hydrogen-bond donors (Lipinski definition) is 2. The van der Waals surface area contributed by atoms with Crippen molar-refractivity contribution in [3.63, 3.8) is 0 Å². The zero-order valence-corrected chi connectivity index (χ0v) is 19.0. The molecule has 0 aliphatic rings. The molecule has 174 valence electrons. The van der Waals surface area contributed by atoms with E-state index in [9.17, 15) is 9.59 Å². The van der Waals surface area contributed by atoms with Gasteiger partial charge >= 0.3 is 0 Å². The number of carbonyl (C=O) groups is 2. The summed E-state index contributed by atoms with van der Waals surface area (Å²) in [4.78, 5) is 24.8. The number of rotatable bonds is 10. The van der Waals surface area contributed by atoms with E-state index in [-0.39, 0.29) is 12.2 Å². The highest BCUT2D eigenvalue weighted by atomic mass is 16.5. The second-order valence-corrected chi connectivity index (χ2v) is 6.90. The Morgan fingerprint density at radius 2 is 1.36 bits per heavy atom. The van der Waals surface area contributed by atoms with Crippen LogP contribution in [0, 0.1) is 0 Å². The molecule has 0 aliphatic heterocycles. The van der Waals surface area contributed by atoms with Crippen LogP contribution >= 0.6 is 0 Å². The van der Waals surface area contributed by atoms with Crippen LogP contribution in [-0.2, 0) is 4.79 Å². The lowest BCUT2D eigenvalue weighted by Gasteiger charge is -2.17. The predicted molar refractivity (Wildman–Crippen MR) is 125 cm³/mol. The van der Waals surface area contributed by atoms with Gasteiger partial charge in [-0.15, -0.1) is 0 Å². The van der Waals surface area contributed by atoms with Gasteiger partial charge in [0.1, 0.15) is 5.75 Å². The van der Waals surface area contributed by atoms with Crippen molar-refractivity contribution >= 4 is 22.6 Å². The summed E-state index contributed by atoms with van der Waals surface area (Å²) in [6.07, 6.45) is 0.